The van der Waals surface area contributed by atoms with Gasteiger partial charge in [-0.15, -0.1) is 0 Å². The summed E-state index contributed by atoms with van der Waals surface area (Å²) in [5.74, 6) is 0. The SMILES string of the molecule is C=C1CC2=C(CN(C)CC2)CN1C. The van der Waals surface area contributed by atoms with Crippen molar-refractivity contribution in [2.24, 2.45) is 0 Å². The van der Waals surface area contributed by atoms with Crippen LogP contribution in [0.3, 0.4) is 0 Å². The molecule has 2 heterocycles. The first kappa shape index (κ1) is 8.82. The summed E-state index contributed by atoms with van der Waals surface area (Å²) >= 11 is 0. The van der Waals surface area contributed by atoms with Crippen molar-refractivity contribution in [3.05, 3.63) is 23.4 Å². The lowest BCUT2D eigenvalue weighted by Gasteiger charge is -2.36. The third kappa shape index (κ3) is 1.63. The highest BCUT2D eigenvalue weighted by atomic mass is 15.1. The quantitative estimate of drug-likeness (QED) is 0.518. The number of rotatable bonds is 0. The summed E-state index contributed by atoms with van der Waals surface area (Å²) in [5, 5.41) is 0. The van der Waals surface area contributed by atoms with Gasteiger partial charge in [-0.25, -0.2) is 0 Å². The predicted molar refractivity (Wildman–Crippen MR) is 55.5 cm³/mol. The van der Waals surface area contributed by atoms with Crippen molar-refractivity contribution in [1.82, 2.24) is 9.80 Å². The highest BCUT2D eigenvalue weighted by Gasteiger charge is 2.22. The van der Waals surface area contributed by atoms with Gasteiger partial charge < -0.3 is 9.80 Å². The fourth-order valence-electron chi connectivity index (χ4n) is 2.17. The maximum atomic E-state index is 4.08. The normalized spacial score (nSPS) is 25.1. The topological polar surface area (TPSA) is 6.48 Å². The lowest BCUT2D eigenvalue weighted by molar-refractivity contribution is 0.310. The minimum Gasteiger partial charge on any atom is -0.374 e. The summed E-state index contributed by atoms with van der Waals surface area (Å²) in [5.41, 5.74) is 4.56. The first-order valence-corrected chi connectivity index (χ1v) is 4.94. The Morgan fingerprint density at radius 1 is 1.15 bits per heavy atom. The molecule has 0 atom stereocenters. The molecule has 0 spiro atoms. The molecule has 0 bridgehead atoms. The predicted octanol–water partition coefficient (Wildman–Crippen LogP) is 1.47. The van der Waals surface area contributed by atoms with Gasteiger partial charge in [-0.2, -0.15) is 0 Å². The zero-order valence-corrected chi connectivity index (χ0v) is 8.64. The molecule has 2 heteroatoms. The van der Waals surface area contributed by atoms with Gasteiger partial charge in [-0.3, -0.25) is 0 Å². The summed E-state index contributed by atoms with van der Waals surface area (Å²) in [4.78, 5) is 4.68. The molecule has 0 radical (unpaired) electrons. The third-order valence-corrected chi connectivity index (χ3v) is 3.14. The molecule has 0 aliphatic carbocycles. The van der Waals surface area contributed by atoms with Gasteiger partial charge in [0, 0.05) is 38.8 Å². The molecule has 0 unspecified atom stereocenters. The molecule has 0 saturated carbocycles. The molecule has 72 valence electrons. The Bertz CT molecular complexity index is 265. The lowest BCUT2D eigenvalue weighted by Crippen LogP contribution is -2.36. The number of nitrogens with zero attached hydrogens (tertiary/aromatic N) is 2. The molecule has 2 aliphatic rings. The standard InChI is InChI=1S/C11H18N2/c1-9-6-10-4-5-12(2)7-11(10)8-13(9)3/h1,4-8H2,2-3H3. The minimum absolute atomic E-state index is 1.10. The van der Waals surface area contributed by atoms with Crippen LogP contribution in [-0.2, 0) is 0 Å². The largest absolute Gasteiger partial charge is 0.374 e. The van der Waals surface area contributed by atoms with Crippen molar-refractivity contribution in [1.29, 1.82) is 0 Å². The van der Waals surface area contributed by atoms with Crippen LogP contribution in [0, 0.1) is 0 Å². The molecule has 2 nitrogen and oxygen atoms in total. The second kappa shape index (κ2) is 3.18. The molecule has 0 fully saturated rings. The van der Waals surface area contributed by atoms with Crippen molar-refractivity contribution in [2.45, 2.75) is 12.8 Å². The van der Waals surface area contributed by atoms with E-state index in [2.05, 4.69) is 30.5 Å². The molecule has 2 rings (SSSR count). The van der Waals surface area contributed by atoms with Crippen LogP contribution in [-0.4, -0.2) is 43.5 Å². The molecule has 2 aliphatic heterocycles. The monoisotopic (exact) mass is 178 g/mol. The van der Waals surface area contributed by atoms with Crippen LogP contribution in [0.4, 0.5) is 0 Å². The van der Waals surface area contributed by atoms with E-state index in [-0.39, 0.29) is 0 Å². The number of hydrogen-bond donors (Lipinski definition) is 0. The first-order valence-electron chi connectivity index (χ1n) is 4.94. The van der Waals surface area contributed by atoms with E-state index in [9.17, 15) is 0 Å². The van der Waals surface area contributed by atoms with E-state index >= 15 is 0 Å². The van der Waals surface area contributed by atoms with Gasteiger partial charge in [0.1, 0.15) is 0 Å². The van der Waals surface area contributed by atoms with Crippen LogP contribution >= 0.6 is 0 Å². The first-order chi connectivity index (χ1) is 6.16. The number of allylic oxidation sites excluding steroid dienone is 1. The lowest BCUT2D eigenvalue weighted by atomic mass is 9.92. The Hall–Kier alpha value is -0.760. The minimum atomic E-state index is 1.10. The second-order valence-corrected chi connectivity index (χ2v) is 4.29. The molecule has 0 N–H and O–H groups in total. The van der Waals surface area contributed by atoms with Crippen molar-refractivity contribution >= 4 is 0 Å². The number of hydrogen-bond acceptors (Lipinski definition) is 2. The van der Waals surface area contributed by atoms with Gasteiger partial charge in [0.2, 0.25) is 0 Å². The Kier molecular flexibility index (Phi) is 2.16. The highest BCUT2D eigenvalue weighted by Crippen LogP contribution is 2.29. The van der Waals surface area contributed by atoms with Gasteiger partial charge in [-0.05, 0) is 19.0 Å². The molecule has 0 aromatic rings. The number of likely N-dealkylation sites (N-methyl/N-ethyl adjacent to an activating group) is 2. The van der Waals surface area contributed by atoms with Crippen LogP contribution < -0.4 is 0 Å². The summed E-state index contributed by atoms with van der Waals surface area (Å²) < 4.78 is 0. The van der Waals surface area contributed by atoms with E-state index in [1.54, 1.807) is 11.1 Å². The van der Waals surface area contributed by atoms with Crippen LogP contribution in [0.25, 0.3) is 0 Å². The van der Waals surface area contributed by atoms with Crippen LogP contribution in [0.2, 0.25) is 0 Å². The van der Waals surface area contributed by atoms with E-state index < -0.39 is 0 Å². The van der Waals surface area contributed by atoms with Gasteiger partial charge in [-0.1, -0.05) is 12.2 Å². The van der Waals surface area contributed by atoms with E-state index in [0.717, 1.165) is 19.5 Å². The Labute approximate surface area is 80.5 Å². The van der Waals surface area contributed by atoms with E-state index in [0.29, 0.717) is 0 Å². The average molecular weight is 178 g/mol. The molecule has 0 amide bonds. The molecule has 0 aromatic carbocycles. The molecule has 0 aromatic heterocycles. The van der Waals surface area contributed by atoms with Crippen LogP contribution in [0.1, 0.15) is 12.8 Å². The van der Waals surface area contributed by atoms with Gasteiger partial charge in [0.15, 0.2) is 0 Å². The summed E-state index contributed by atoms with van der Waals surface area (Å²) in [6.07, 6.45) is 2.36. The molecular weight excluding hydrogens is 160 g/mol. The van der Waals surface area contributed by atoms with Crippen molar-refractivity contribution < 1.29 is 0 Å². The molecule has 13 heavy (non-hydrogen) atoms. The Morgan fingerprint density at radius 2 is 1.92 bits per heavy atom. The van der Waals surface area contributed by atoms with Crippen molar-refractivity contribution in [3.8, 4) is 0 Å². The van der Waals surface area contributed by atoms with E-state index in [1.807, 2.05) is 0 Å². The second-order valence-electron chi connectivity index (χ2n) is 4.29. The summed E-state index contributed by atoms with van der Waals surface area (Å²) in [7, 11) is 4.34. The average Bonchev–Trinajstić information content (AvgIpc) is 2.08. The fraction of sp³-hybridized carbons (Fsp3) is 0.636. The van der Waals surface area contributed by atoms with Gasteiger partial charge >= 0.3 is 0 Å². The summed E-state index contributed by atoms with van der Waals surface area (Å²) in [6, 6.07) is 0. The Balaban J connectivity index is 2.19. The van der Waals surface area contributed by atoms with Crippen LogP contribution in [0.5, 0.6) is 0 Å². The smallest absolute Gasteiger partial charge is 0.0397 e. The highest BCUT2D eigenvalue weighted by molar-refractivity contribution is 5.29. The van der Waals surface area contributed by atoms with Crippen molar-refractivity contribution in [3.63, 3.8) is 0 Å². The van der Waals surface area contributed by atoms with Gasteiger partial charge in [0.25, 0.3) is 0 Å². The maximum absolute atomic E-state index is 4.08. The van der Waals surface area contributed by atoms with E-state index in [4.69, 9.17) is 0 Å². The zero-order chi connectivity index (χ0) is 9.42. The van der Waals surface area contributed by atoms with Crippen LogP contribution in [0.15, 0.2) is 23.4 Å². The van der Waals surface area contributed by atoms with Gasteiger partial charge in [0.05, 0.1) is 0 Å². The third-order valence-electron chi connectivity index (χ3n) is 3.14. The molecule has 0 saturated heterocycles. The molecular formula is C11H18N2. The maximum Gasteiger partial charge on any atom is 0.0397 e. The fourth-order valence-corrected chi connectivity index (χ4v) is 2.17. The zero-order valence-electron chi connectivity index (χ0n) is 8.64. The van der Waals surface area contributed by atoms with Crippen molar-refractivity contribution in [2.75, 3.05) is 33.7 Å². The Morgan fingerprint density at radius 3 is 2.69 bits per heavy atom. The van der Waals surface area contributed by atoms with E-state index in [1.165, 1.54) is 18.7 Å². The summed E-state index contributed by atoms with van der Waals surface area (Å²) in [6.45, 7) is 7.56.